The highest BCUT2D eigenvalue weighted by atomic mass is 16.4. The van der Waals surface area contributed by atoms with Crippen LogP contribution in [0.4, 0.5) is 0 Å². The molecule has 0 saturated heterocycles. The molecule has 1 aromatic rings. The number of amidine groups is 1. The third-order valence-corrected chi connectivity index (χ3v) is 2.22. The summed E-state index contributed by atoms with van der Waals surface area (Å²) in [7, 11) is 0. The van der Waals surface area contributed by atoms with E-state index < -0.39 is 0 Å². The molecule has 0 aliphatic carbocycles. The molecule has 0 atom stereocenters. The van der Waals surface area contributed by atoms with Gasteiger partial charge in [-0.05, 0) is 31.5 Å². The average Bonchev–Trinajstić information content (AvgIpc) is 2.31. The molecule has 0 bridgehead atoms. The van der Waals surface area contributed by atoms with Gasteiger partial charge in [0.05, 0.1) is 0 Å². The maximum absolute atomic E-state index is 8.33. The number of aromatic nitrogens is 1. The summed E-state index contributed by atoms with van der Waals surface area (Å²) in [5, 5.41) is 14.5. The summed E-state index contributed by atoms with van der Waals surface area (Å²) < 4.78 is 0. The van der Waals surface area contributed by atoms with Crippen LogP contribution in [0.5, 0.6) is 0 Å². The fourth-order valence-corrected chi connectivity index (χ4v) is 1.28. The molecule has 0 aliphatic heterocycles. The lowest BCUT2D eigenvalue weighted by Crippen LogP contribution is -2.18. The van der Waals surface area contributed by atoms with Gasteiger partial charge in [0.2, 0.25) is 0 Å². The van der Waals surface area contributed by atoms with E-state index in [2.05, 4.69) is 21.5 Å². The van der Waals surface area contributed by atoms with E-state index in [1.807, 2.05) is 19.2 Å². The number of rotatable bonds is 6. The van der Waals surface area contributed by atoms with Crippen molar-refractivity contribution in [3.63, 3.8) is 0 Å². The Hall–Kier alpha value is -1.62. The molecule has 0 spiro atoms. The predicted molar refractivity (Wildman–Crippen MR) is 63.3 cm³/mol. The minimum absolute atomic E-state index is 0.277. The van der Waals surface area contributed by atoms with Crippen LogP contribution in [0.1, 0.15) is 24.1 Å². The first-order valence-corrected chi connectivity index (χ1v) is 5.31. The molecule has 5 nitrogen and oxygen atoms in total. The van der Waals surface area contributed by atoms with Crippen molar-refractivity contribution >= 4 is 5.84 Å². The Morgan fingerprint density at radius 3 is 3.00 bits per heavy atom. The summed E-state index contributed by atoms with van der Waals surface area (Å²) in [5.74, 6) is 0.277. The third-order valence-electron chi connectivity index (χ3n) is 2.22. The number of hydrogen-bond donors (Lipinski definition) is 3. The van der Waals surface area contributed by atoms with E-state index in [1.54, 1.807) is 0 Å². The fraction of sp³-hybridized carbons (Fsp3) is 0.455. The smallest absolute Gasteiger partial charge is 0.139 e. The average molecular weight is 222 g/mol. The van der Waals surface area contributed by atoms with Gasteiger partial charge in [0.1, 0.15) is 5.84 Å². The van der Waals surface area contributed by atoms with Crippen molar-refractivity contribution in [2.75, 3.05) is 6.54 Å². The number of nitrogens with zero attached hydrogens (tertiary/aromatic N) is 2. The summed E-state index contributed by atoms with van der Waals surface area (Å²) in [4.78, 5) is 4.21. The van der Waals surface area contributed by atoms with Crippen LogP contribution in [0.15, 0.2) is 23.5 Å². The maximum Gasteiger partial charge on any atom is 0.139 e. The van der Waals surface area contributed by atoms with Gasteiger partial charge in [0, 0.05) is 24.9 Å². The zero-order valence-corrected chi connectivity index (χ0v) is 9.48. The highest BCUT2D eigenvalue weighted by Crippen LogP contribution is 1.98. The molecule has 88 valence electrons. The van der Waals surface area contributed by atoms with E-state index in [-0.39, 0.29) is 5.84 Å². The molecule has 0 fully saturated rings. The molecule has 1 aromatic heterocycles. The SMILES string of the molecule is Cc1ccc(CNCCCC(N)=NO)cn1. The normalized spacial score (nSPS) is 11.7. The van der Waals surface area contributed by atoms with Crippen molar-refractivity contribution in [3.8, 4) is 0 Å². The first kappa shape index (κ1) is 12.4. The highest BCUT2D eigenvalue weighted by Gasteiger charge is 1.95. The lowest BCUT2D eigenvalue weighted by atomic mass is 10.2. The van der Waals surface area contributed by atoms with Gasteiger partial charge in [-0.3, -0.25) is 4.98 Å². The molecule has 0 saturated carbocycles. The first-order valence-electron chi connectivity index (χ1n) is 5.31. The van der Waals surface area contributed by atoms with Crippen LogP contribution in [0, 0.1) is 6.92 Å². The fourth-order valence-electron chi connectivity index (χ4n) is 1.28. The van der Waals surface area contributed by atoms with Gasteiger partial charge in [-0.25, -0.2) is 0 Å². The Kier molecular flexibility index (Phi) is 5.28. The zero-order valence-electron chi connectivity index (χ0n) is 9.48. The second-order valence-electron chi connectivity index (χ2n) is 3.68. The molecule has 0 unspecified atom stereocenters. The topological polar surface area (TPSA) is 83.5 Å². The van der Waals surface area contributed by atoms with Crippen LogP contribution in [0.3, 0.4) is 0 Å². The van der Waals surface area contributed by atoms with Gasteiger partial charge in [-0.15, -0.1) is 0 Å². The zero-order chi connectivity index (χ0) is 11.8. The van der Waals surface area contributed by atoms with Crippen molar-refractivity contribution in [1.82, 2.24) is 10.3 Å². The monoisotopic (exact) mass is 222 g/mol. The van der Waals surface area contributed by atoms with Crippen molar-refractivity contribution in [2.24, 2.45) is 10.9 Å². The molecule has 0 aliphatic rings. The Morgan fingerprint density at radius 2 is 2.38 bits per heavy atom. The van der Waals surface area contributed by atoms with E-state index in [0.717, 1.165) is 30.8 Å². The van der Waals surface area contributed by atoms with Crippen LogP contribution in [-0.2, 0) is 6.54 Å². The van der Waals surface area contributed by atoms with Crippen LogP contribution >= 0.6 is 0 Å². The number of nitrogens with one attached hydrogen (secondary N) is 1. The van der Waals surface area contributed by atoms with Crippen LogP contribution in [-0.4, -0.2) is 22.6 Å². The van der Waals surface area contributed by atoms with Crippen molar-refractivity contribution < 1.29 is 5.21 Å². The van der Waals surface area contributed by atoms with Gasteiger partial charge in [-0.2, -0.15) is 0 Å². The minimum atomic E-state index is 0.277. The summed E-state index contributed by atoms with van der Waals surface area (Å²) in [6.07, 6.45) is 3.33. The van der Waals surface area contributed by atoms with Crippen molar-refractivity contribution in [3.05, 3.63) is 29.6 Å². The van der Waals surface area contributed by atoms with Crippen LogP contribution in [0.2, 0.25) is 0 Å². The van der Waals surface area contributed by atoms with Crippen LogP contribution < -0.4 is 11.1 Å². The van der Waals surface area contributed by atoms with Crippen molar-refractivity contribution in [2.45, 2.75) is 26.3 Å². The summed E-state index contributed by atoms with van der Waals surface area (Å²) in [5.41, 5.74) is 7.53. The van der Waals surface area contributed by atoms with E-state index in [1.165, 1.54) is 0 Å². The van der Waals surface area contributed by atoms with Gasteiger partial charge in [0.15, 0.2) is 0 Å². The molecule has 1 rings (SSSR count). The van der Waals surface area contributed by atoms with E-state index in [9.17, 15) is 0 Å². The third kappa shape index (κ3) is 4.75. The number of pyridine rings is 1. The Bertz CT molecular complexity index is 334. The summed E-state index contributed by atoms with van der Waals surface area (Å²) in [6, 6.07) is 4.05. The van der Waals surface area contributed by atoms with E-state index in [0.29, 0.717) is 6.42 Å². The quantitative estimate of drug-likeness (QED) is 0.220. The minimum Gasteiger partial charge on any atom is -0.409 e. The summed E-state index contributed by atoms with van der Waals surface area (Å²) in [6.45, 7) is 3.60. The molecule has 16 heavy (non-hydrogen) atoms. The predicted octanol–water partition coefficient (Wildman–Crippen LogP) is 1.01. The van der Waals surface area contributed by atoms with Gasteiger partial charge >= 0.3 is 0 Å². The van der Waals surface area contributed by atoms with Gasteiger partial charge in [0.25, 0.3) is 0 Å². The maximum atomic E-state index is 8.33. The molecule has 0 radical (unpaired) electrons. The summed E-state index contributed by atoms with van der Waals surface area (Å²) >= 11 is 0. The molecule has 0 amide bonds. The molecule has 4 N–H and O–H groups in total. The number of nitrogens with two attached hydrogens (primary N) is 1. The lowest BCUT2D eigenvalue weighted by molar-refractivity contribution is 0.316. The molecule has 1 heterocycles. The van der Waals surface area contributed by atoms with E-state index in [4.69, 9.17) is 10.9 Å². The van der Waals surface area contributed by atoms with Gasteiger partial charge in [-0.1, -0.05) is 11.2 Å². The van der Waals surface area contributed by atoms with Crippen LogP contribution in [0.25, 0.3) is 0 Å². The first-order chi connectivity index (χ1) is 7.72. The highest BCUT2D eigenvalue weighted by molar-refractivity contribution is 5.79. The Morgan fingerprint density at radius 1 is 1.56 bits per heavy atom. The number of aryl methyl sites for hydroxylation is 1. The molecular weight excluding hydrogens is 204 g/mol. The van der Waals surface area contributed by atoms with E-state index >= 15 is 0 Å². The standard InChI is InChI=1S/C11H18N4O/c1-9-4-5-10(8-14-9)7-13-6-2-3-11(12)15-16/h4-5,8,13,16H,2-3,6-7H2,1H3,(H2,12,15). The Labute approximate surface area is 95.4 Å². The second kappa shape index (κ2) is 6.79. The molecule has 0 aromatic carbocycles. The largest absolute Gasteiger partial charge is 0.409 e. The van der Waals surface area contributed by atoms with Crippen molar-refractivity contribution in [1.29, 1.82) is 0 Å². The lowest BCUT2D eigenvalue weighted by Gasteiger charge is -2.04. The number of oxime groups is 1. The molecular formula is C11H18N4O. The van der Waals surface area contributed by atoms with Gasteiger partial charge < -0.3 is 16.3 Å². The Balaban J connectivity index is 2.14. The number of hydrogen-bond acceptors (Lipinski definition) is 4. The second-order valence-corrected chi connectivity index (χ2v) is 3.68. The molecule has 5 heteroatoms.